The Bertz CT molecular complexity index is 873. The molecule has 3 amide bonds. The lowest BCUT2D eigenvalue weighted by atomic mass is 9.73. The van der Waals surface area contributed by atoms with Gasteiger partial charge in [0, 0.05) is 18.0 Å². The number of aliphatic hydroxyl groups is 1. The van der Waals surface area contributed by atoms with Crippen molar-refractivity contribution in [2.75, 3.05) is 6.54 Å². The average Bonchev–Trinajstić information content (AvgIpc) is 3.56. The minimum absolute atomic E-state index is 0.0596. The molecule has 3 saturated carbocycles. The Morgan fingerprint density at radius 2 is 1.77 bits per heavy atom. The molecule has 5 N–H and O–H groups in total. The molecular weight excluding hydrogens is 444 g/mol. The van der Waals surface area contributed by atoms with Crippen molar-refractivity contribution in [3.05, 3.63) is 0 Å². The zero-order valence-electron chi connectivity index (χ0n) is 22.4. The lowest BCUT2D eigenvalue weighted by Crippen LogP contribution is -2.58. The first-order valence-electron chi connectivity index (χ1n) is 13.6. The molecule has 4 aliphatic rings. The molecule has 8 nitrogen and oxygen atoms in total. The summed E-state index contributed by atoms with van der Waals surface area (Å²) in [6, 6.07) is -1.92. The summed E-state index contributed by atoms with van der Waals surface area (Å²) in [4.78, 5) is 41.6. The summed E-state index contributed by atoms with van der Waals surface area (Å²) in [5.74, 6) is -0.912. The number of hydrogen-bond acceptors (Lipinski definition) is 5. The van der Waals surface area contributed by atoms with Crippen molar-refractivity contribution < 1.29 is 19.5 Å². The second kappa shape index (κ2) is 8.72. The molecule has 0 aromatic rings. The fraction of sp³-hybridized carbons (Fsp3) is 0.889. The van der Waals surface area contributed by atoms with E-state index in [9.17, 15) is 19.5 Å². The van der Waals surface area contributed by atoms with E-state index in [0.29, 0.717) is 25.8 Å². The topological polar surface area (TPSA) is 125 Å². The molecule has 35 heavy (non-hydrogen) atoms. The zero-order valence-corrected chi connectivity index (χ0v) is 22.4. The van der Waals surface area contributed by atoms with E-state index in [4.69, 9.17) is 5.73 Å². The number of nitrogens with two attached hydrogens (primary N) is 1. The van der Waals surface area contributed by atoms with Crippen molar-refractivity contribution in [2.24, 2.45) is 27.4 Å². The first kappa shape index (κ1) is 26.4. The van der Waals surface area contributed by atoms with Crippen LogP contribution in [-0.4, -0.2) is 64.5 Å². The van der Waals surface area contributed by atoms with Gasteiger partial charge in [0.25, 0.3) is 5.91 Å². The zero-order chi connectivity index (χ0) is 26.0. The van der Waals surface area contributed by atoms with Gasteiger partial charge < -0.3 is 26.4 Å². The summed E-state index contributed by atoms with van der Waals surface area (Å²) in [7, 11) is 0. The van der Waals surface area contributed by atoms with Crippen LogP contribution >= 0.6 is 0 Å². The van der Waals surface area contributed by atoms with Crippen LogP contribution in [0.1, 0.15) is 92.9 Å². The standard InChI is InChI=1S/C27H46N4O4/c1-7-9-17(19(32)22(34)29-16-10-11-16)30-21(33)18-14-27(25(5,6)26(27)12-8-13-26)15-31(18)23(35)20(28)24(2,3)4/h16-20,32H,7-15,28H2,1-6H3,(H,29,34)(H,30,33)/t17?,18-,19?,20+,27?/m0/s1. The Morgan fingerprint density at radius 1 is 1.14 bits per heavy atom. The molecular formula is C27H46N4O4. The van der Waals surface area contributed by atoms with E-state index in [1.54, 1.807) is 4.90 Å². The maximum Gasteiger partial charge on any atom is 0.251 e. The first-order chi connectivity index (χ1) is 16.2. The van der Waals surface area contributed by atoms with Crippen LogP contribution in [0, 0.1) is 21.7 Å². The first-order valence-corrected chi connectivity index (χ1v) is 13.6. The van der Waals surface area contributed by atoms with Gasteiger partial charge in [0.15, 0.2) is 6.10 Å². The highest BCUT2D eigenvalue weighted by Gasteiger charge is 2.85. The Kier molecular flexibility index (Phi) is 6.58. The van der Waals surface area contributed by atoms with Crippen molar-refractivity contribution >= 4 is 17.7 Å². The number of aliphatic hydroxyl groups excluding tert-OH is 1. The molecule has 0 radical (unpaired) electrons. The van der Waals surface area contributed by atoms with Crippen LogP contribution in [0.3, 0.4) is 0 Å². The van der Waals surface area contributed by atoms with Crippen molar-refractivity contribution in [3.63, 3.8) is 0 Å². The summed E-state index contributed by atoms with van der Waals surface area (Å²) in [5.41, 5.74) is 6.13. The third-order valence-electron chi connectivity index (χ3n) is 10.1. The lowest BCUT2D eigenvalue weighted by molar-refractivity contribution is -0.142. The number of nitrogens with one attached hydrogen (secondary N) is 2. The van der Waals surface area contributed by atoms with Crippen molar-refractivity contribution in [2.45, 2.75) is 123 Å². The van der Waals surface area contributed by atoms with E-state index in [0.717, 1.165) is 25.7 Å². The van der Waals surface area contributed by atoms with E-state index in [1.807, 2.05) is 27.7 Å². The van der Waals surface area contributed by atoms with Crippen LogP contribution in [0.25, 0.3) is 0 Å². The molecule has 8 heteroatoms. The fourth-order valence-corrected chi connectivity index (χ4v) is 7.21. The predicted octanol–water partition coefficient (Wildman–Crippen LogP) is 2.08. The number of amides is 3. The molecule has 5 atom stereocenters. The third kappa shape index (κ3) is 4.08. The van der Waals surface area contributed by atoms with Crippen LogP contribution in [0.15, 0.2) is 0 Å². The summed E-state index contributed by atoms with van der Waals surface area (Å²) in [6.07, 6.45) is 5.81. The van der Waals surface area contributed by atoms with Crippen LogP contribution in [0.5, 0.6) is 0 Å². The van der Waals surface area contributed by atoms with Gasteiger partial charge in [-0.3, -0.25) is 14.4 Å². The second-order valence-electron chi connectivity index (χ2n) is 13.3. The minimum atomic E-state index is -1.31. The number of rotatable bonds is 8. The van der Waals surface area contributed by atoms with Crippen LogP contribution in [0.4, 0.5) is 0 Å². The summed E-state index contributed by atoms with van der Waals surface area (Å²) >= 11 is 0. The van der Waals surface area contributed by atoms with Crippen LogP contribution in [0.2, 0.25) is 0 Å². The predicted molar refractivity (Wildman–Crippen MR) is 134 cm³/mol. The number of carbonyl (C=O) groups is 3. The number of likely N-dealkylation sites (tertiary alicyclic amines) is 1. The van der Waals surface area contributed by atoms with Crippen molar-refractivity contribution in [1.82, 2.24) is 15.5 Å². The molecule has 1 heterocycles. The molecule has 4 fully saturated rings. The molecule has 2 spiro atoms. The SMILES string of the molecule is CCCC(NC(=O)[C@@H]1CC2(CN1C(=O)[C@@H](N)C(C)(C)C)C(C)(C)C21CCC1)C(O)C(=O)NC1CC1. The minimum Gasteiger partial charge on any atom is -0.381 e. The van der Waals surface area contributed by atoms with Gasteiger partial charge >= 0.3 is 0 Å². The van der Waals surface area contributed by atoms with Gasteiger partial charge in [-0.15, -0.1) is 0 Å². The number of hydrogen-bond donors (Lipinski definition) is 4. The van der Waals surface area contributed by atoms with E-state index in [-0.39, 0.29) is 34.1 Å². The quantitative estimate of drug-likeness (QED) is 0.415. The number of carbonyl (C=O) groups excluding carboxylic acids is 3. The molecule has 1 saturated heterocycles. The van der Waals surface area contributed by atoms with E-state index < -0.39 is 35.6 Å². The smallest absolute Gasteiger partial charge is 0.251 e. The molecule has 0 aromatic heterocycles. The maximum atomic E-state index is 13.7. The Labute approximate surface area is 210 Å². The third-order valence-corrected chi connectivity index (χ3v) is 10.1. The van der Waals surface area contributed by atoms with Gasteiger partial charge in [-0.25, -0.2) is 0 Å². The molecule has 0 bridgehead atoms. The van der Waals surface area contributed by atoms with E-state index in [1.165, 1.54) is 6.42 Å². The van der Waals surface area contributed by atoms with Crippen LogP contribution in [-0.2, 0) is 14.4 Å². The maximum absolute atomic E-state index is 13.7. The molecule has 4 rings (SSSR count). The van der Waals surface area contributed by atoms with E-state index >= 15 is 0 Å². The summed E-state index contributed by atoms with van der Waals surface area (Å²) in [5, 5.41) is 16.5. The van der Waals surface area contributed by atoms with Gasteiger partial charge in [-0.2, -0.15) is 0 Å². The van der Waals surface area contributed by atoms with Gasteiger partial charge in [-0.1, -0.05) is 54.4 Å². The molecule has 3 unspecified atom stereocenters. The molecule has 3 aliphatic carbocycles. The average molecular weight is 491 g/mol. The molecule has 198 valence electrons. The summed E-state index contributed by atoms with van der Waals surface area (Å²) < 4.78 is 0. The van der Waals surface area contributed by atoms with Gasteiger partial charge in [0.05, 0.1) is 12.1 Å². The number of nitrogens with zero attached hydrogens (tertiary/aromatic N) is 1. The largest absolute Gasteiger partial charge is 0.381 e. The Hall–Kier alpha value is -1.67. The monoisotopic (exact) mass is 490 g/mol. The Morgan fingerprint density at radius 3 is 2.23 bits per heavy atom. The normalized spacial score (nSPS) is 31.0. The lowest BCUT2D eigenvalue weighted by Gasteiger charge is -2.34. The summed E-state index contributed by atoms with van der Waals surface area (Å²) in [6.45, 7) is 12.9. The van der Waals surface area contributed by atoms with Crippen molar-refractivity contribution in [1.29, 1.82) is 0 Å². The van der Waals surface area contributed by atoms with Crippen molar-refractivity contribution in [3.8, 4) is 0 Å². The molecule has 1 aliphatic heterocycles. The fourth-order valence-electron chi connectivity index (χ4n) is 7.21. The number of fused-ring (bicyclic) bond motifs is 1. The van der Waals surface area contributed by atoms with Gasteiger partial charge in [-0.05, 0) is 54.8 Å². The highest BCUT2D eigenvalue weighted by atomic mass is 16.3. The van der Waals surface area contributed by atoms with Crippen LogP contribution < -0.4 is 16.4 Å². The van der Waals surface area contributed by atoms with Gasteiger partial charge in [0.1, 0.15) is 6.04 Å². The highest BCUT2D eigenvalue weighted by Crippen LogP contribution is 2.88. The highest BCUT2D eigenvalue weighted by molar-refractivity contribution is 5.92. The van der Waals surface area contributed by atoms with Gasteiger partial charge in [0.2, 0.25) is 11.8 Å². The second-order valence-corrected chi connectivity index (χ2v) is 13.3. The Balaban J connectivity index is 1.56. The van der Waals surface area contributed by atoms with E-state index in [2.05, 4.69) is 24.5 Å². The molecule has 0 aromatic carbocycles.